The van der Waals surface area contributed by atoms with Gasteiger partial charge in [0.05, 0.1) is 6.10 Å². The quantitative estimate of drug-likeness (QED) is 0.817. The van der Waals surface area contributed by atoms with Crippen molar-refractivity contribution >= 4 is 18.3 Å². The molecule has 4 nitrogen and oxygen atoms in total. The van der Waals surface area contributed by atoms with Crippen LogP contribution in [0.3, 0.4) is 0 Å². The number of likely N-dealkylation sites (tertiary alicyclic amines) is 1. The van der Waals surface area contributed by atoms with Gasteiger partial charge in [0.15, 0.2) is 0 Å². The molecule has 2 saturated heterocycles. The molecule has 0 aliphatic carbocycles. The fraction of sp³-hybridized carbons (Fsp3) is 0.917. The molecule has 2 fully saturated rings. The van der Waals surface area contributed by atoms with Crippen molar-refractivity contribution in [1.29, 1.82) is 0 Å². The molecular weight excluding hydrogens is 240 g/mol. The zero-order chi connectivity index (χ0) is 11.4. The summed E-state index contributed by atoms with van der Waals surface area (Å²) in [5, 5.41) is 0. The van der Waals surface area contributed by atoms with E-state index in [9.17, 15) is 4.79 Å². The zero-order valence-electron chi connectivity index (χ0n) is 10.3. The first-order valence-electron chi connectivity index (χ1n) is 6.45. The SMILES string of the molecule is Cl.NC[C@H]1CC[C@@H](C(=O)N2CCCCCC2)O1. The van der Waals surface area contributed by atoms with Crippen molar-refractivity contribution < 1.29 is 9.53 Å². The molecule has 2 aliphatic heterocycles. The first-order chi connectivity index (χ1) is 7.81. The van der Waals surface area contributed by atoms with Crippen LogP contribution < -0.4 is 5.73 Å². The Hall–Kier alpha value is -0.320. The van der Waals surface area contributed by atoms with E-state index in [1.807, 2.05) is 4.90 Å². The summed E-state index contributed by atoms with van der Waals surface area (Å²) < 4.78 is 5.65. The van der Waals surface area contributed by atoms with Crippen molar-refractivity contribution in [2.24, 2.45) is 5.73 Å². The predicted octanol–water partition coefficient (Wildman–Crippen LogP) is 1.32. The van der Waals surface area contributed by atoms with E-state index in [-0.39, 0.29) is 30.5 Å². The second-order valence-corrected chi connectivity index (χ2v) is 4.80. The lowest BCUT2D eigenvalue weighted by atomic mass is 10.2. The molecule has 2 aliphatic rings. The number of amides is 1. The Balaban J connectivity index is 0.00000144. The Labute approximate surface area is 109 Å². The van der Waals surface area contributed by atoms with Gasteiger partial charge in [-0.15, -0.1) is 12.4 Å². The number of halogens is 1. The number of carbonyl (C=O) groups is 1. The molecule has 1 amide bonds. The Bertz CT molecular complexity index is 243. The molecule has 0 radical (unpaired) electrons. The summed E-state index contributed by atoms with van der Waals surface area (Å²) in [6, 6.07) is 0. The monoisotopic (exact) mass is 262 g/mol. The van der Waals surface area contributed by atoms with Crippen LogP contribution in [-0.2, 0) is 9.53 Å². The minimum Gasteiger partial charge on any atom is -0.364 e. The molecule has 2 atom stereocenters. The van der Waals surface area contributed by atoms with Crippen LogP contribution in [0.5, 0.6) is 0 Å². The minimum absolute atomic E-state index is 0. The van der Waals surface area contributed by atoms with Gasteiger partial charge in [0, 0.05) is 19.6 Å². The van der Waals surface area contributed by atoms with Crippen LogP contribution in [0.25, 0.3) is 0 Å². The van der Waals surface area contributed by atoms with E-state index in [0.717, 1.165) is 38.8 Å². The summed E-state index contributed by atoms with van der Waals surface area (Å²) in [7, 11) is 0. The zero-order valence-corrected chi connectivity index (χ0v) is 11.1. The summed E-state index contributed by atoms with van der Waals surface area (Å²) in [6.45, 7) is 2.35. The molecule has 0 spiro atoms. The largest absolute Gasteiger partial charge is 0.364 e. The van der Waals surface area contributed by atoms with Gasteiger partial charge in [0.2, 0.25) is 0 Å². The van der Waals surface area contributed by atoms with Crippen LogP contribution in [-0.4, -0.2) is 42.6 Å². The van der Waals surface area contributed by atoms with Crippen molar-refractivity contribution in [1.82, 2.24) is 4.90 Å². The van der Waals surface area contributed by atoms with E-state index in [4.69, 9.17) is 10.5 Å². The third-order valence-electron chi connectivity index (χ3n) is 3.56. The van der Waals surface area contributed by atoms with Gasteiger partial charge < -0.3 is 15.4 Å². The number of nitrogens with two attached hydrogens (primary N) is 1. The number of nitrogens with zero attached hydrogens (tertiary/aromatic N) is 1. The van der Waals surface area contributed by atoms with E-state index in [1.54, 1.807) is 0 Å². The van der Waals surface area contributed by atoms with Crippen molar-refractivity contribution in [2.45, 2.75) is 50.7 Å². The molecule has 5 heteroatoms. The van der Waals surface area contributed by atoms with Crippen molar-refractivity contribution in [3.05, 3.63) is 0 Å². The van der Waals surface area contributed by atoms with Gasteiger partial charge in [-0.05, 0) is 25.7 Å². The Morgan fingerprint density at radius 3 is 2.35 bits per heavy atom. The molecule has 0 aromatic heterocycles. The van der Waals surface area contributed by atoms with Crippen molar-refractivity contribution in [3.63, 3.8) is 0 Å². The van der Waals surface area contributed by atoms with E-state index in [1.165, 1.54) is 12.8 Å². The molecule has 2 rings (SSSR count). The maximum Gasteiger partial charge on any atom is 0.251 e. The highest BCUT2D eigenvalue weighted by molar-refractivity contribution is 5.85. The van der Waals surface area contributed by atoms with Gasteiger partial charge in [-0.3, -0.25) is 4.79 Å². The summed E-state index contributed by atoms with van der Waals surface area (Å²) in [6.07, 6.45) is 6.43. The predicted molar refractivity (Wildman–Crippen MR) is 69.2 cm³/mol. The lowest BCUT2D eigenvalue weighted by molar-refractivity contribution is -0.142. The highest BCUT2D eigenvalue weighted by atomic mass is 35.5. The van der Waals surface area contributed by atoms with Gasteiger partial charge in [0.1, 0.15) is 6.10 Å². The molecule has 17 heavy (non-hydrogen) atoms. The molecule has 0 saturated carbocycles. The topological polar surface area (TPSA) is 55.6 Å². The summed E-state index contributed by atoms with van der Waals surface area (Å²) in [5.74, 6) is 0.192. The van der Waals surface area contributed by atoms with E-state index in [0.29, 0.717) is 6.54 Å². The molecular formula is C12H23ClN2O2. The van der Waals surface area contributed by atoms with Crippen LogP contribution >= 0.6 is 12.4 Å². The van der Waals surface area contributed by atoms with Crippen LogP contribution in [0.4, 0.5) is 0 Å². The number of hydrogen-bond donors (Lipinski definition) is 1. The normalized spacial score (nSPS) is 29.6. The van der Waals surface area contributed by atoms with E-state index < -0.39 is 0 Å². The lowest BCUT2D eigenvalue weighted by Crippen LogP contribution is -2.40. The summed E-state index contributed by atoms with van der Waals surface area (Å²) in [5.41, 5.74) is 5.55. The van der Waals surface area contributed by atoms with Crippen LogP contribution in [0.1, 0.15) is 38.5 Å². The smallest absolute Gasteiger partial charge is 0.251 e. The first kappa shape index (κ1) is 14.7. The van der Waals surface area contributed by atoms with Crippen LogP contribution in [0, 0.1) is 0 Å². The Morgan fingerprint density at radius 1 is 1.18 bits per heavy atom. The van der Waals surface area contributed by atoms with E-state index in [2.05, 4.69) is 0 Å². The average molecular weight is 263 g/mol. The molecule has 2 heterocycles. The third-order valence-corrected chi connectivity index (χ3v) is 3.56. The van der Waals surface area contributed by atoms with Crippen LogP contribution in [0.2, 0.25) is 0 Å². The fourth-order valence-corrected chi connectivity index (χ4v) is 2.56. The van der Waals surface area contributed by atoms with E-state index >= 15 is 0 Å². The maximum absolute atomic E-state index is 12.2. The lowest BCUT2D eigenvalue weighted by Gasteiger charge is -2.23. The second-order valence-electron chi connectivity index (χ2n) is 4.80. The number of carbonyl (C=O) groups excluding carboxylic acids is 1. The number of ether oxygens (including phenoxy) is 1. The fourth-order valence-electron chi connectivity index (χ4n) is 2.56. The highest BCUT2D eigenvalue weighted by Gasteiger charge is 2.32. The second kappa shape index (κ2) is 7.19. The van der Waals surface area contributed by atoms with Crippen LogP contribution in [0.15, 0.2) is 0 Å². The van der Waals surface area contributed by atoms with Gasteiger partial charge in [-0.1, -0.05) is 12.8 Å². The van der Waals surface area contributed by atoms with Crippen molar-refractivity contribution in [3.8, 4) is 0 Å². The minimum atomic E-state index is -0.216. The van der Waals surface area contributed by atoms with Gasteiger partial charge in [0.25, 0.3) is 5.91 Å². The van der Waals surface area contributed by atoms with Gasteiger partial charge in [-0.2, -0.15) is 0 Å². The van der Waals surface area contributed by atoms with Crippen molar-refractivity contribution in [2.75, 3.05) is 19.6 Å². The number of hydrogen-bond acceptors (Lipinski definition) is 3. The standard InChI is InChI=1S/C12H22N2O2.ClH/c13-9-10-5-6-11(16-10)12(15)14-7-3-1-2-4-8-14;/h10-11H,1-9,13H2;1H/t10-,11+;/m1./s1. The molecule has 0 aromatic carbocycles. The number of rotatable bonds is 2. The summed E-state index contributed by atoms with van der Waals surface area (Å²) in [4.78, 5) is 14.2. The molecule has 0 bridgehead atoms. The van der Waals surface area contributed by atoms with Gasteiger partial charge >= 0.3 is 0 Å². The average Bonchev–Trinajstić information content (AvgIpc) is 2.62. The Kier molecular flexibility index (Phi) is 6.23. The molecule has 2 N–H and O–H groups in total. The first-order valence-corrected chi connectivity index (χ1v) is 6.45. The maximum atomic E-state index is 12.2. The molecule has 0 unspecified atom stereocenters. The third kappa shape index (κ3) is 3.83. The highest BCUT2D eigenvalue weighted by Crippen LogP contribution is 2.22. The van der Waals surface area contributed by atoms with Gasteiger partial charge in [-0.25, -0.2) is 0 Å². The Morgan fingerprint density at radius 2 is 1.82 bits per heavy atom. The summed E-state index contributed by atoms with van der Waals surface area (Å²) >= 11 is 0. The molecule has 100 valence electrons. The molecule has 0 aromatic rings.